The molecule has 0 radical (unpaired) electrons. The molecule has 0 spiro atoms. The molecule has 0 N–H and O–H groups in total. The second kappa shape index (κ2) is 7.62. The Balaban J connectivity index is 1.50. The van der Waals surface area contributed by atoms with Gasteiger partial charge in [0, 0.05) is 38.2 Å². The highest BCUT2D eigenvalue weighted by Gasteiger charge is 2.50. The van der Waals surface area contributed by atoms with Gasteiger partial charge in [0.25, 0.3) is 0 Å². The van der Waals surface area contributed by atoms with Crippen molar-refractivity contribution in [2.24, 2.45) is 0 Å². The first-order valence-corrected chi connectivity index (χ1v) is 10.8. The van der Waals surface area contributed by atoms with Crippen LogP contribution >= 0.6 is 0 Å². The van der Waals surface area contributed by atoms with Crippen LogP contribution in [0.4, 0.5) is 4.79 Å². The van der Waals surface area contributed by atoms with Crippen molar-refractivity contribution in [1.29, 1.82) is 0 Å². The number of hydrogen-bond acceptors (Lipinski definition) is 3. The van der Waals surface area contributed by atoms with E-state index < -0.39 is 0 Å². The minimum atomic E-state index is 0.0167. The summed E-state index contributed by atoms with van der Waals surface area (Å²) in [5.74, 6) is 0. The van der Waals surface area contributed by atoms with E-state index in [4.69, 9.17) is 9.47 Å². The molecule has 5 rings (SSSR count). The molecule has 2 fully saturated rings. The summed E-state index contributed by atoms with van der Waals surface area (Å²) in [6, 6.07) is 11.4. The number of hydrogen-bond donors (Lipinski definition) is 0. The highest BCUT2D eigenvalue weighted by molar-refractivity contribution is 5.75. The molecular weight excluding hydrogens is 364 g/mol. The monoisotopic (exact) mass is 394 g/mol. The number of fused-ring (bicyclic) bond motifs is 3. The van der Waals surface area contributed by atoms with Gasteiger partial charge in [0.05, 0.1) is 19.3 Å². The largest absolute Gasteiger partial charge is 0.378 e. The number of carbonyl (C=O) groups excluding carboxylic acids is 1. The van der Waals surface area contributed by atoms with Gasteiger partial charge in [-0.05, 0) is 36.8 Å². The molecule has 154 valence electrons. The van der Waals surface area contributed by atoms with Crippen LogP contribution in [0.5, 0.6) is 0 Å². The fraction of sp³-hybridized carbons (Fsp3) is 0.542. The molecule has 2 aliphatic heterocycles. The third kappa shape index (κ3) is 3.21. The van der Waals surface area contributed by atoms with Crippen LogP contribution in [0.15, 0.2) is 53.6 Å². The average molecular weight is 395 g/mol. The van der Waals surface area contributed by atoms with E-state index in [1.807, 2.05) is 4.90 Å². The van der Waals surface area contributed by atoms with E-state index in [1.165, 1.54) is 16.7 Å². The molecule has 29 heavy (non-hydrogen) atoms. The quantitative estimate of drug-likeness (QED) is 0.771. The summed E-state index contributed by atoms with van der Waals surface area (Å²) in [5.41, 5.74) is 4.36. The van der Waals surface area contributed by atoms with Gasteiger partial charge in [-0.25, -0.2) is 4.79 Å². The van der Waals surface area contributed by atoms with E-state index in [-0.39, 0.29) is 23.6 Å². The van der Waals surface area contributed by atoms with Crippen molar-refractivity contribution in [3.63, 3.8) is 0 Å². The van der Waals surface area contributed by atoms with Crippen molar-refractivity contribution in [3.8, 4) is 0 Å². The van der Waals surface area contributed by atoms with Crippen LogP contribution < -0.4 is 0 Å². The Morgan fingerprint density at radius 3 is 2.69 bits per heavy atom. The summed E-state index contributed by atoms with van der Waals surface area (Å²) in [6.07, 6.45) is 8.50. The Bertz CT molecular complexity index is 828. The molecule has 3 atom stereocenters. The first-order chi connectivity index (χ1) is 14.2. The third-order valence-corrected chi connectivity index (χ3v) is 7.30. The molecule has 1 aromatic carbocycles. The van der Waals surface area contributed by atoms with Gasteiger partial charge in [-0.15, -0.1) is 0 Å². The van der Waals surface area contributed by atoms with E-state index in [0.29, 0.717) is 26.3 Å². The van der Waals surface area contributed by atoms with E-state index in [0.717, 1.165) is 32.2 Å². The number of urea groups is 1. The maximum Gasteiger partial charge on any atom is 0.320 e. The van der Waals surface area contributed by atoms with Crippen LogP contribution in [0.1, 0.15) is 31.2 Å². The van der Waals surface area contributed by atoms with Crippen molar-refractivity contribution in [2.45, 2.75) is 43.2 Å². The van der Waals surface area contributed by atoms with Gasteiger partial charge in [0.1, 0.15) is 0 Å². The Morgan fingerprint density at radius 1 is 1.14 bits per heavy atom. The van der Waals surface area contributed by atoms with Crippen molar-refractivity contribution in [3.05, 3.63) is 59.2 Å². The van der Waals surface area contributed by atoms with E-state index in [9.17, 15) is 4.79 Å². The normalized spacial score (nSPS) is 31.6. The topological polar surface area (TPSA) is 42.0 Å². The molecule has 5 heteroatoms. The summed E-state index contributed by atoms with van der Waals surface area (Å²) < 4.78 is 11.1. The molecule has 0 saturated carbocycles. The summed E-state index contributed by atoms with van der Waals surface area (Å²) in [6.45, 7) is 3.52. The standard InChI is InChI=1S/C24H30N2O3/c1-28-21-8-7-18-15-20-17-24(22(18)16-21,19-5-3-2-4-6-19)9-10-26(20)23(27)25-11-13-29-14-12-25/h2-8,20-21H,9-17H2,1H3. The highest BCUT2D eigenvalue weighted by Crippen LogP contribution is 2.53. The summed E-state index contributed by atoms with van der Waals surface area (Å²) in [7, 11) is 1.80. The number of likely N-dealkylation sites (tertiary alicyclic amines) is 1. The van der Waals surface area contributed by atoms with E-state index >= 15 is 0 Å². The molecule has 2 bridgehead atoms. The minimum absolute atomic E-state index is 0.0167. The number of rotatable bonds is 2. The zero-order valence-corrected chi connectivity index (χ0v) is 17.2. The molecule has 5 nitrogen and oxygen atoms in total. The first-order valence-electron chi connectivity index (χ1n) is 10.8. The first kappa shape index (κ1) is 18.9. The Labute approximate surface area is 173 Å². The van der Waals surface area contributed by atoms with Crippen LogP contribution in [0.25, 0.3) is 0 Å². The molecule has 4 aliphatic rings. The molecule has 2 heterocycles. The molecule has 1 aromatic rings. The third-order valence-electron chi connectivity index (χ3n) is 7.30. The van der Waals surface area contributed by atoms with E-state index in [2.05, 4.69) is 47.4 Å². The van der Waals surface area contributed by atoms with Crippen LogP contribution in [0.3, 0.4) is 0 Å². The van der Waals surface area contributed by atoms with Crippen LogP contribution in [0.2, 0.25) is 0 Å². The van der Waals surface area contributed by atoms with Gasteiger partial charge in [0.2, 0.25) is 0 Å². The lowest BCUT2D eigenvalue weighted by Crippen LogP contribution is -2.59. The van der Waals surface area contributed by atoms with Crippen molar-refractivity contribution in [1.82, 2.24) is 9.80 Å². The van der Waals surface area contributed by atoms with Crippen molar-refractivity contribution < 1.29 is 14.3 Å². The van der Waals surface area contributed by atoms with Gasteiger partial charge in [0.15, 0.2) is 0 Å². The molecule has 2 aliphatic carbocycles. The molecule has 2 amide bonds. The Morgan fingerprint density at radius 2 is 1.93 bits per heavy atom. The average Bonchev–Trinajstić information content (AvgIpc) is 2.80. The minimum Gasteiger partial charge on any atom is -0.378 e. The molecule has 2 saturated heterocycles. The maximum atomic E-state index is 13.3. The van der Waals surface area contributed by atoms with Gasteiger partial charge < -0.3 is 19.3 Å². The van der Waals surface area contributed by atoms with Gasteiger partial charge in [-0.1, -0.05) is 48.1 Å². The lowest BCUT2D eigenvalue weighted by molar-refractivity contribution is 0.0289. The van der Waals surface area contributed by atoms with Gasteiger partial charge >= 0.3 is 6.03 Å². The summed E-state index contributed by atoms with van der Waals surface area (Å²) in [4.78, 5) is 17.4. The van der Waals surface area contributed by atoms with Gasteiger partial charge in [-0.2, -0.15) is 0 Å². The van der Waals surface area contributed by atoms with Crippen LogP contribution in [-0.4, -0.2) is 67.9 Å². The number of ether oxygens (including phenoxy) is 2. The fourth-order valence-electron chi connectivity index (χ4n) is 5.78. The molecule has 3 unspecified atom stereocenters. The SMILES string of the molecule is COC1C=CC2=C(C1)C1(c3ccccc3)CCN(C(=O)N3CCOCC3)C(C2)C1. The second-order valence-electron chi connectivity index (χ2n) is 8.68. The lowest BCUT2D eigenvalue weighted by atomic mass is 9.58. The Hall–Kier alpha value is -2.11. The number of benzene rings is 1. The number of amides is 2. The predicted molar refractivity (Wildman–Crippen MR) is 112 cm³/mol. The van der Waals surface area contributed by atoms with E-state index in [1.54, 1.807) is 7.11 Å². The second-order valence-corrected chi connectivity index (χ2v) is 8.68. The molecule has 0 aromatic heterocycles. The van der Waals surface area contributed by atoms with Crippen LogP contribution in [-0.2, 0) is 14.9 Å². The summed E-state index contributed by atoms with van der Waals surface area (Å²) >= 11 is 0. The Kier molecular flexibility index (Phi) is 4.96. The number of allylic oxidation sites excluding steroid dienone is 1. The number of morpholine rings is 1. The maximum absolute atomic E-state index is 13.3. The van der Waals surface area contributed by atoms with Crippen molar-refractivity contribution in [2.75, 3.05) is 40.0 Å². The predicted octanol–water partition coefficient (Wildman–Crippen LogP) is 3.52. The number of carbonyl (C=O) groups is 1. The smallest absolute Gasteiger partial charge is 0.320 e. The van der Waals surface area contributed by atoms with Crippen LogP contribution in [0, 0.1) is 0 Å². The zero-order valence-electron chi connectivity index (χ0n) is 17.2. The van der Waals surface area contributed by atoms with Crippen molar-refractivity contribution >= 4 is 6.03 Å². The fourth-order valence-corrected chi connectivity index (χ4v) is 5.78. The number of piperidine rings is 1. The summed E-state index contributed by atoms with van der Waals surface area (Å²) in [5, 5.41) is 0. The highest BCUT2D eigenvalue weighted by atomic mass is 16.5. The van der Waals surface area contributed by atoms with Gasteiger partial charge in [-0.3, -0.25) is 0 Å². The number of nitrogens with zero attached hydrogens (tertiary/aromatic N) is 2. The zero-order chi connectivity index (χ0) is 19.8. The lowest BCUT2D eigenvalue weighted by Gasteiger charge is -2.54. The molecular formula is C24H30N2O3. The number of methoxy groups -OCH3 is 1.